The van der Waals surface area contributed by atoms with E-state index in [0.29, 0.717) is 35.1 Å². The first-order chi connectivity index (χ1) is 14.6. The molecule has 3 aromatic rings. The first-order valence-corrected chi connectivity index (χ1v) is 10.4. The predicted octanol–water partition coefficient (Wildman–Crippen LogP) is 3.55. The van der Waals surface area contributed by atoms with E-state index in [1.165, 1.54) is 17.5 Å². The smallest absolute Gasteiger partial charge is 0.306 e. The Kier molecular flexibility index (Phi) is 6.02. The van der Waals surface area contributed by atoms with Gasteiger partial charge in [-0.15, -0.1) is 0 Å². The maximum Gasteiger partial charge on any atom is 0.306 e. The fourth-order valence-corrected chi connectivity index (χ4v) is 3.86. The van der Waals surface area contributed by atoms with E-state index in [1.807, 2.05) is 24.3 Å². The van der Waals surface area contributed by atoms with E-state index in [4.69, 9.17) is 4.74 Å². The van der Waals surface area contributed by atoms with Gasteiger partial charge in [0.05, 0.1) is 10.9 Å². The summed E-state index contributed by atoms with van der Waals surface area (Å²) in [6, 6.07) is 12.9. The van der Waals surface area contributed by atoms with Gasteiger partial charge < -0.3 is 9.72 Å². The Balaban J connectivity index is 1.26. The summed E-state index contributed by atoms with van der Waals surface area (Å²) in [6.45, 7) is -0.247. The van der Waals surface area contributed by atoms with Crippen molar-refractivity contribution in [3.63, 3.8) is 0 Å². The Morgan fingerprint density at radius 3 is 2.70 bits per heavy atom. The predicted molar refractivity (Wildman–Crippen MR) is 114 cm³/mol. The fraction of sp³-hybridized carbons (Fsp3) is 0.333. The Morgan fingerprint density at radius 2 is 1.83 bits per heavy atom. The number of aromatic amines is 1. The molecule has 0 bridgehead atoms. The van der Waals surface area contributed by atoms with E-state index in [9.17, 15) is 14.4 Å². The number of benzene rings is 2. The molecule has 1 aliphatic rings. The van der Waals surface area contributed by atoms with Crippen molar-refractivity contribution < 1.29 is 14.3 Å². The number of nitrogens with one attached hydrogen (secondary N) is 1. The Morgan fingerprint density at radius 1 is 1.03 bits per heavy atom. The molecule has 0 amide bonds. The normalized spacial score (nSPS) is 13.1. The molecule has 1 heterocycles. The number of hydrogen-bond donors (Lipinski definition) is 1. The van der Waals surface area contributed by atoms with Gasteiger partial charge in [0, 0.05) is 18.4 Å². The minimum Gasteiger partial charge on any atom is -0.457 e. The number of aryl methyl sites for hydroxylation is 3. The summed E-state index contributed by atoms with van der Waals surface area (Å²) in [5.41, 5.74) is 3.59. The van der Waals surface area contributed by atoms with E-state index in [-0.39, 0.29) is 24.4 Å². The minimum atomic E-state index is -0.426. The number of rotatable bonds is 7. The number of carbonyl (C=O) groups excluding carboxylic acids is 2. The lowest BCUT2D eigenvalue weighted by atomic mass is 9.90. The number of hydrogen-bond acceptors (Lipinski definition) is 5. The molecule has 6 nitrogen and oxygen atoms in total. The first-order valence-electron chi connectivity index (χ1n) is 10.4. The number of carbonyl (C=O) groups is 2. The zero-order chi connectivity index (χ0) is 20.9. The molecule has 4 rings (SSSR count). The Hall–Kier alpha value is -3.28. The first kappa shape index (κ1) is 20.0. The summed E-state index contributed by atoms with van der Waals surface area (Å²) < 4.78 is 5.15. The second-order valence-corrected chi connectivity index (χ2v) is 7.66. The highest BCUT2D eigenvalue weighted by Gasteiger charge is 2.14. The molecular formula is C24H24N2O4. The number of esters is 1. The van der Waals surface area contributed by atoms with E-state index in [2.05, 4.69) is 9.97 Å². The van der Waals surface area contributed by atoms with Crippen molar-refractivity contribution >= 4 is 22.7 Å². The van der Waals surface area contributed by atoms with Crippen LogP contribution in [0.15, 0.2) is 47.3 Å². The maximum absolute atomic E-state index is 12.4. The SMILES string of the molecule is O=C(CCCc1nc2ccccc2c(=O)[nH]1)OCC(=O)c1ccc2c(c1)CCCC2. The summed E-state index contributed by atoms with van der Waals surface area (Å²) in [5.74, 6) is -0.0710. The standard InChI is InChI=1S/C24H24N2O4/c27-21(18-13-12-16-6-1-2-7-17(16)14-18)15-30-23(28)11-5-10-22-25-20-9-4-3-8-19(20)24(29)26-22/h3-4,8-9,12-14H,1-2,5-7,10-11,15H2,(H,25,26,29). The van der Waals surface area contributed by atoms with Crippen LogP contribution in [-0.4, -0.2) is 28.3 Å². The van der Waals surface area contributed by atoms with Crippen molar-refractivity contribution in [1.29, 1.82) is 0 Å². The third-order valence-corrected chi connectivity index (χ3v) is 5.49. The lowest BCUT2D eigenvalue weighted by molar-refractivity contribution is -0.142. The van der Waals surface area contributed by atoms with Crippen molar-refractivity contribution in [1.82, 2.24) is 9.97 Å². The van der Waals surface area contributed by atoms with Gasteiger partial charge in [-0.3, -0.25) is 14.4 Å². The highest BCUT2D eigenvalue weighted by Crippen LogP contribution is 2.22. The topological polar surface area (TPSA) is 89.1 Å². The molecule has 0 atom stereocenters. The Labute approximate surface area is 174 Å². The highest BCUT2D eigenvalue weighted by molar-refractivity contribution is 5.98. The van der Waals surface area contributed by atoms with Crippen LogP contribution in [-0.2, 0) is 28.8 Å². The largest absolute Gasteiger partial charge is 0.457 e. The van der Waals surface area contributed by atoms with Gasteiger partial charge in [0.15, 0.2) is 12.4 Å². The van der Waals surface area contributed by atoms with Crippen LogP contribution in [0.4, 0.5) is 0 Å². The molecule has 2 aromatic carbocycles. The highest BCUT2D eigenvalue weighted by atomic mass is 16.5. The van der Waals surface area contributed by atoms with Crippen LogP contribution in [0.25, 0.3) is 10.9 Å². The van der Waals surface area contributed by atoms with Gasteiger partial charge in [0.1, 0.15) is 5.82 Å². The summed E-state index contributed by atoms with van der Waals surface area (Å²) in [7, 11) is 0. The van der Waals surface area contributed by atoms with Crippen LogP contribution in [0.2, 0.25) is 0 Å². The van der Waals surface area contributed by atoms with Crippen LogP contribution in [0.3, 0.4) is 0 Å². The number of ether oxygens (including phenoxy) is 1. The van der Waals surface area contributed by atoms with Gasteiger partial charge in [-0.25, -0.2) is 4.98 Å². The number of fused-ring (bicyclic) bond motifs is 2. The third kappa shape index (κ3) is 4.64. The number of Topliss-reactive ketones (excluding diaryl/α,β-unsaturated/α-hetero) is 1. The van der Waals surface area contributed by atoms with Crippen LogP contribution >= 0.6 is 0 Å². The number of H-pyrrole nitrogens is 1. The number of para-hydroxylation sites is 1. The number of nitrogens with zero attached hydrogens (tertiary/aromatic N) is 1. The van der Waals surface area contributed by atoms with Crippen LogP contribution in [0.1, 0.15) is 53.0 Å². The van der Waals surface area contributed by atoms with Crippen molar-refractivity contribution in [2.24, 2.45) is 0 Å². The number of ketones is 1. The maximum atomic E-state index is 12.4. The van der Waals surface area contributed by atoms with Gasteiger partial charge in [-0.05, 0) is 61.4 Å². The van der Waals surface area contributed by atoms with Gasteiger partial charge in [0.2, 0.25) is 0 Å². The minimum absolute atomic E-state index is 0.161. The quantitative estimate of drug-likeness (QED) is 0.480. The molecule has 154 valence electrons. The summed E-state index contributed by atoms with van der Waals surface area (Å²) in [6.07, 6.45) is 5.50. The fourth-order valence-electron chi connectivity index (χ4n) is 3.86. The molecule has 6 heteroatoms. The van der Waals surface area contributed by atoms with E-state index >= 15 is 0 Å². The lowest BCUT2D eigenvalue weighted by Crippen LogP contribution is -2.16. The second kappa shape index (κ2) is 9.03. The molecule has 0 saturated carbocycles. The lowest BCUT2D eigenvalue weighted by Gasteiger charge is -2.16. The van der Waals surface area contributed by atoms with Crippen LogP contribution in [0, 0.1) is 0 Å². The average molecular weight is 404 g/mol. The third-order valence-electron chi connectivity index (χ3n) is 5.49. The molecule has 1 N–H and O–H groups in total. The van der Waals surface area contributed by atoms with E-state index < -0.39 is 5.97 Å². The molecule has 0 radical (unpaired) electrons. The van der Waals surface area contributed by atoms with Gasteiger partial charge in [-0.2, -0.15) is 0 Å². The molecule has 1 aliphatic carbocycles. The molecule has 0 aliphatic heterocycles. The summed E-state index contributed by atoms with van der Waals surface area (Å²) in [5, 5.41) is 0.543. The van der Waals surface area contributed by atoms with Gasteiger partial charge in [-0.1, -0.05) is 24.3 Å². The Bertz CT molecular complexity index is 1150. The molecule has 0 fully saturated rings. The summed E-state index contributed by atoms with van der Waals surface area (Å²) in [4.78, 5) is 43.6. The van der Waals surface area contributed by atoms with Crippen molar-refractivity contribution in [2.75, 3.05) is 6.61 Å². The van der Waals surface area contributed by atoms with Crippen molar-refractivity contribution in [2.45, 2.75) is 44.9 Å². The average Bonchev–Trinajstić information content (AvgIpc) is 2.77. The molecule has 0 spiro atoms. The van der Waals surface area contributed by atoms with E-state index in [1.54, 1.807) is 18.2 Å². The van der Waals surface area contributed by atoms with Gasteiger partial charge in [0.25, 0.3) is 5.56 Å². The molecule has 1 aromatic heterocycles. The molecule has 0 unspecified atom stereocenters. The van der Waals surface area contributed by atoms with E-state index in [0.717, 1.165) is 19.3 Å². The second-order valence-electron chi connectivity index (χ2n) is 7.66. The van der Waals surface area contributed by atoms with Crippen molar-refractivity contribution in [3.05, 3.63) is 75.3 Å². The van der Waals surface area contributed by atoms with Crippen LogP contribution < -0.4 is 5.56 Å². The number of aromatic nitrogens is 2. The van der Waals surface area contributed by atoms with Crippen LogP contribution in [0.5, 0.6) is 0 Å². The summed E-state index contributed by atoms with van der Waals surface area (Å²) >= 11 is 0. The molecule has 0 saturated heterocycles. The zero-order valence-corrected chi connectivity index (χ0v) is 16.8. The monoisotopic (exact) mass is 404 g/mol. The van der Waals surface area contributed by atoms with Gasteiger partial charge >= 0.3 is 5.97 Å². The zero-order valence-electron chi connectivity index (χ0n) is 16.8. The molecular weight excluding hydrogens is 380 g/mol. The van der Waals surface area contributed by atoms with Crippen molar-refractivity contribution in [3.8, 4) is 0 Å². The molecule has 30 heavy (non-hydrogen) atoms.